The Kier molecular flexibility index (Phi) is 2.82. The zero-order valence-electron chi connectivity index (χ0n) is 8.54. The van der Waals surface area contributed by atoms with Gasteiger partial charge in [-0.05, 0) is 18.2 Å². The van der Waals surface area contributed by atoms with Gasteiger partial charge in [-0.25, -0.2) is 18.2 Å². The van der Waals surface area contributed by atoms with E-state index in [0.29, 0.717) is 10.7 Å². The molecular formula is C9H9ClN4O2S. The van der Waals surface area contributed by atoms with Gasteiger partial charge < -0.3 is 5.73 Å². The van der Waals surface area contributed by atoms with Gasteiger partial charge in [0.2, 0.25) is 10.0 Å². The minimum Gasteiger partial charge on any atom is -0.398 e. The van der Waals surface area contributed by atoms with Gasteiger partial charge in [-0.15, -0.1) is 0 Å². The Labute approximate surface area is 103 Å². The van der Waals surface area contributed by atoms with Crippen LogP contribution < -0.4 is 10.9 Å². The van der Waals surface area contributed by atoms with E-state index in [-0.39, 0.29) is 10.6 Å². The molecule has 0 saturated carbocycles. The third kappa shape index (κ3) is 2.41. The predicted octanol–water partition coefficient (Wildman–Crippen LogP) is 0.755. The normalized spacial score (nSPS) is 11.6. The molecule has 0 spiro atoms. The summed E-state index contributed by atoms with van der Waals surface area (Å²) in [5, 5.41) is 9.44. The molecule has 0 atom stereocenters. The zero-order chi connectivity index (χ0) is 12.6. The third-order valence-corrected chi connectivity index (χ3v) is 3.30. The quantitative estimate of drug-likeness (QED) is 0.787. The van der Waals surface area contributed by atoms with Crippen molar-refractivity contribution in [2.24, 2.45) is 5.14 Å². The molecule has 6 nitrogen and oxygen atoms in total. The highest BCUT2D eigenvalue weighted by atomic mass is 35.5. The Bertz CT molecular complexity index is 665. The number of hydrogen-bond donors (Lipinski definition) is 2. The van der Waals surface area contributed by atoms with E-state index in [0.717, 1.165) is 0 Å². The van der Waals surface area contributed by atoms with Crippen molar-refractivity contribution in [2.75, 3.05) is 5.73 Å². The molecule has 0 unspecified atom stereocenters. The summed E-state index contributed by atoms with van der Waals surface area (Å²) in [4.78, 5) is -0.112. The van der Waals surface area contributed by atoms with E-state index in [9.17, 15) is 8.42 Å². The van der Waals surface area contributed by atoms with Crippen LogP contribution in [0.15, 0.2) is 35.5 Å². The lowest BCUT2D eigenvalue weighted by Gasteiger charge is -2.06. The highest BCUT2D eigenvalue weighted by Crippen LogP contribution is 2.21. The van der Waals surface area contributed by atoms with Crippen molar-refractivity contribution in [2.45, 2.75) is 4.90 Å². The monoisotopic (exact) mass is 272 g/mol. The molecule has 17 heavy (non-hydrogen) atoms. The molecule has 0 fully saturated rings. The second kappa shape index (κ2) is 4.02. The van der Waals surface area contributed by atoms with Crippen LogP contribution in [0.5, 0.6) is 0 Å². The number of aromatic nitrogens is 2. The second-order valence-corrected chi connectivity index (χ2v) is 5.34. The van der Waals surface area contributed by atoms with Crippen LogP contribution in [0.2, 0.25) is 5.02 Å². The van der Waals surface area contributed by atoms with Crippen LogP contribution in [0.3, 0.4) is 0 Å². The van der Waals surface area contributed by atoms with Crippen LogP contribution in [0.1, 0.15) is 0 Å². The number of anilines is 1. The number of primary sulfonamides is 1. The molecule has 0 aliphatic carbocycles. The van der Waals surface area contributed by atoms with E-state index >= 15 is 0 Å². The molecule has 2 rings (SSSR count). The molecule has 8 heteroatoms. The zero-order valence-corrected chi connectivity index (χ0v) is 10.1. The van der Waals surface area contributed by atoms with Crippen LogP contribution in [-0.2, 0) is 10.0 Å². The molecule has 1 heterocycles. The molecule has 0 saturated heterocycles. The summed E-state index contributed by atoms with van der Waals surface area (Å²) in [6, 6.07) is 4.33. The first-order chi connectivity index (χ1) is 7.88. The van der Waals surface area contributed by atoms with Crippen molar-refractivity contribution in [3.63, 3.8) is 0 Å². The predicted molar refractivity (Wildman–Crippen MR) is 64.4 cm³/mol. The van der Waals surface area contributed by atoms with Gasteiger partial charge in [-0.1, -0.05) is 11.6 Å². The molecule has 0 aliphatic heterocycles. The van der Waals surface area contributed by atoms with Crippen LogP contribution in [-0.4, -0.2) is 18.2 Å². The number of nitrogens with two attached hydrogens (primary N) is 2. The number of halogens is 1. The summed E-state index contributed by atoms with van der Waals surface area (Å²) in [5.74, 6) is 0. The van der Waals surface area contributed by atoms with Gasteiger partial charge in [0.05, 0.1) is 22.6 Å². The van der Waals surface area contributed by atoms with Gasteiger partial charge in [0.15, 0.2) is 0 Å². The Morgan fingerprint density at radius 2 is 2.06 bits per heavy atom. The van der Waals surface area contributed by atoms with Crippen molar-refractivity contribution in [3.05, 3.63) is 35.6 Å². The van der Waals surface area contributed by atoms with E-state index in [1.54, 1.807) is 12.3 Å². The van der Waals surface area contributed by atoms with Crippen molar-refractivity contribution in [1.82, 2.24) is 9.78 Å². The van der Waals surface area contributed by atoms with Crippen LogP contribution in [0.4, 0.5) is 5.69 Å². The van der Waals surface area contributed by atoms with Gasteiger partial charge in [-0.2, -0.15) is 5.10 Å². The van der Waals surface area contributed by atoms with E-state index in [2.05, 4.69) is 5.10 Å². The molecule has 0 bridgehead atoms. The molecule has 0 aliphatic rings. The summed E-state index contributed by atoms with van der Waals surface area (Å²) in [6.07, 6.45) is 3.04. The minimum atomic E-state index is -3.81. The topological polar surface area (TPSA) is 104 Å². The van der Waals surface area contributed by atoms with Crippen molar-refractivity contribution in [3.8, 4) is 5.69 Å². The number of sulfonamides is 1. The molecule has 4 N–H and O–H groups in total. The lowest BCUT2D eigenvalue weighted by molar-refractivity contribution is 0.598. The average molecular weight is 273 g/mol. The van der Waals surface area contributed by atoms with Crippen molar-refractivity contribution < 1.29 is 8.42 Å². The summed E-state index contributed by atoms with van der Waals surface area (Å²) in [5.41, 5.74) is 6.28. The minimum absolute atomic E-state index is 0.0663. The van der Waals surface area contributed by atoms with Gasteiger partial charge in [-0.3, -0.25) is 0 Å². The molecular weight excluding hydrogens is 264 g/mol. The Morgan fingerprint density at radius 3 is 2.53 bits per heavy atom. The number of nitrogen functional groups attached to an aromatic ring is 1. The van der Waals surface area contributed by atoms with Crippen LogP contribution >= 0.6 is 11.6 Å². The maximum absolute atomic E-state index is 11.2. The van der Waals surface area contributed by atoms with Crippen molar-refractivity contribution in [1.29, 1.82) is 0 Å². The first kappa shape index (κ1) is 11.9. The Hall–Kier alpha value is -1.57. The lowest BCUT2D eigenvalue weighted by Crippen LogP contribution is -2.14. The highest BCUT2D eigenvalue weighted by Gasteiger charge is 2.12. The fourth-order valence-corrected chi connectivity index (χ4v) is 2.16. The van der Waals surface area contributed by atoms with E-state index in [1.807, 2.05) is 0 Å². The molecule has 2 aromatic rings. The summed E-state index contributed by atoms with van der Waals surface area (Å²) in [6.45, 7) is 0. The highest BCUT2D eigenvalue weighted by molar-refractivity contribution is 7.89. The average Bonchev–Trinajstić information content (AvgIpc) is 2.62. The largest absolute Gasteiger partial charge is 0.398 e. The van der Waals surface area contributed by atoms with Gasteiger partial charge in [0, 0.05) is 6.20 Å². The first-order valence-electron chi connectivity index (χ1n) is 4.51. The molecule has 90 valence electrons. The van der Waals surface area contributed by atoms with E-state index in [1.165, 1.54) is 23.0 Å². The molecule has 0 amide bonds. The molecule has 1 aromatic heterocycles. The number of rotatable bonds is 2. The fraction of sp³-hybridized carbons (Fsp3) is 0. The number of hydrogen-bond acceptors (Lipinski definition) is 4. The van der Waals surface area contributed by atoms with Gasteiger partial charge >= 0.3 is 0 Å². The molecule has 1 aromatic carbocycles. The maximum Gasteiger partial charge on any atom is 0.240 e. The van der Waals surface area contributed by atoms with E-state index in [4.69, 9.17) is 22.5 Å². The maximum atomic E-state index is 11.2. The van der Waals surface area contributed by atoms with E-state index < -0.39 is 10.0 Å². The third-order valence-electron chi connectivity index (χ3n) is 2.12. The van der Waals surface area contributed by atoms with Crippen LogP contribution in [0.25, 0.3) is 5.69 Å². The summed E-state index contributed by atoms with van der Waals surface area (Å²) >= 11 is 5.72. The summed E-state index contributed by atoms with van der Waals surface area (Å²) in [7, 11) is -3.81. The van der Waals surface area contributed by atoms with Gasteiger partial charge in [0.25, 0.3) is 0 Å². The van der Waals surface area contributed by atoms with Crippen molar-refractivity contribution >= 4 is 27.3 Å². The SMILES string of the molecule is Nc1cc(-n2cc(Cl)cn2)ccc1S(N)(=O)=O. The Balaban J connectivity index is 2.52. The number of nitrogens with zero attached hydrogens (tertiary/aromatic N) is 2. The summed E-state index contributed by atoms with van der Waals surface area (Å²) < 4.78 is 23.8. The standard InChI is InChI=1S/C9H9ClN4O2S/c10-6-4-13-14(5-6)7-1-2-9(8(11)3-7)17(12,15)16/h1-5H,11H2,(H2,12,15,16). The second-order valence-electron chi connectivity index (χ2n) is 3.37. The molecule has 0 radical (unpaired) electrons. The fourth-order valence-electron chi connectivity index (χ4n) is 1.38. The smallest absolute Gasteiger partial charge is 0.240 e. The van der Waals surface area contributed by atoms with Gasteiger partial charge in [0.1, 0.15) is 4.90 Å². The number of benzene rings is 1. The Morgan fingerprint density at radius 1 is 1.35 bits per heavy atom. The first-order valence-corrected chi connectivity index (χ1v) is 6.43. The lowest BCUT2D eigenvalue weighted by atomic mass is 10.3. The van der Waals surface area contributed by atoms with Crippen LogP contribution in [0, 0.1) is 0 Å².